The summed E-state index contributed by atoms with van der Waals surface area (Å²) in [5, 5.41) is 0. The Balaban J connectivity index is 2.38. The number of rotatable bonds is 3. The standard InChI is InChI=1S/C12H10BrFN2O2S/c13-9-6-5-8(7-10(9)14)19(17,18)16-12-4-2-1-3-11(12)15/h1-7,16H,15H2. The number of hydrogen-bond acceptors (Lipinski definition) is 3. The lowest BCUT2D eigenvalue weighted by Gasteiger charge is -2.10. The Kier molecular flexibility index (Phi) is 3.77. The molecule has 0 atom stereocenters. The van der Waals surface area contributed by atoms with Crippen molar-refractivity contribution in [3.05, 3.63) is 52.8 Å². The smallest absolute Gasteiger partial charge is 0.262 e. The molecular weight excluding hydrogens is 335 g/mol. The zero-order valence-corrected chi connectivity index (χ0v) is 12.0. The summed E-state index contributed by atoms with van der Waals surface area (Å²) in [7, 11) is -3.87. The van der Waals surface area contributed by atoms with Crippen molar-refractivity contribution in [1.29, 1.82) is 0 Å². The van der Waals surface area contributed by atoms with Gasteiger partial charge in [-0.1, -0.05) is 12.1 Å². The van der Waals surface area contributed by atoms with E-state index in [2.05, 4.69) is 20.7 Å². The fourth-order valence-electron chi connectivity index (χ4n) is 1.44. The third-order valence-electron chi connectivity index (χ3n) is 2.41. The molecular formula is C12H10BrFN2O2S. The molecule has 0 fully saturated rings. The molecule has 0 heterocycles. The molecule has 2 aromatic rings. The molecule has 0 saturated carbocycles. The van der Waals surface area contributed by atoms with Crippen molar-refractivity contribution in [1.82, 2.24) is 0 Å². The number of halogens is 2. The van der Waals surface area contributed by atoms with E-state index < -0.39 is 15.8 Å². The van der Waals surface area contributed by atoms with E-state index in [0.29, 0.717) is 5.69 Å². The van der Waals surface area contributed by atoms with Gasteiger partial charge in [0.1, 0.15) is 5.82 Å². The van der Waals surface area contributed by atoms with E-state index in [1.807, 2.05) is 0 Å². The van der Waals surface area contributed by atoms with E-state index in [-0.39, 0.29) is 15.1 Å². The second kappa shape index (κ2) is 5.18. The summed E-state index contributed by atoms with van der Waals surface area (Å²) >= 11 is 2.96. The first-order valence-electron chi connectivity index (χ1n) is 5.22. The molecule has 0 saturated heterocycles. The van der Waals surface area contributed by atoms with Crippen molar-refractivity contribution in [2.45, 2.75) is 4.90 Å². The normalized spacial score (nSPS) is 11.3. The summed E-state index contributed by atoms with van der Waals surface area (Å²) in [5.74, 6) is -0.649. The van der Waals surface area contributed by atoms with Crippen LogP contribution in [0.25, 0.3) is 0 Å². The van der Waals surface area contributed by atoms with Gasteiger partial charge in [-0.2, -0.15) is 0 Å². The van der Waals surface area contributed by atoms with Crippen molar-refractivity contribution in [3.63, 3.8) is 0 Å². The highest BCUT2D eigenvalue weighted by atomic mass is 79.9. The molecule has 0 bridgehead atoms. The molecule has 0 aliphatic heterocycles. The average molecular weight is 345 g/mol. The summed E-state index contributed by atoms with van der Waals surface area (Å²) in [6.45, 7) is 0. The van der Waals surface area contributed by atoms with E-state index >= 15 is 0 Å². The molecule has 2 rings (SSSR count). The first-order valence-corrected chi connectivity index (χ1v) is 7.50. The first-order chi connectivity index (χ1) is 8.90. The maximum atomic E-state index is 13.4. The van der Waals surface area contributed by atoms with Crippen molar-refractivity contribution in [3.8, 4) is 0 Å². The highest BCUT2D eigenvalue weighted by Gasteiger charge is 2.16. The van der Waals surface area contributed by atoms with E-state index in [1.54, 1.807) is 18.2 Å². The molecule has 0 radical (unpaired) electrons. The maximum absolute atomic E-state index is 13.4. The van der Waals surface area contributed by atoms with Gasteiger partial charge in [0.25, 0.3) is 10.0 Å². The van der Waals surface area contributed by atoms with Crippen LogP contribution in [0.1, 0.15) is 0 Å². The van der Waals surface area contributed by atoms with Gasteiger partial charge < -0.3 is 5.73 Å². The molecule has 3 N–H and O–H groups in total. The molecule has 0 unspecified atom stereocenters. The minimum atomic E-state index is -3.87. The third kappa shape index (κ3) is 3.05. The molecule has 4 nitrogen and oxygen atoms in total. The number of nitrogen functional groups attached to an aromatic ring is 1. The minimum Gasteiger partial charge on any atom is -0.397 e. The molecule has 0 aliphatic carbocycles. The van der Waals surface area contributed by atoms with Gasteiger partial charge in [0, 0.05) is 0 Å². The van der Waals surface area contributed by atoms with Crippen LogP contribution in [-0.4, -0.2) is 8.42 Å². The van der Waals surface area contributed by atoms with E-state index in [0.717, 1.165) is 6.07 Å². The molecule has 7 heteroatoms. The van der Waals surface area contributed by atoms with Crippen LogP contribution in [0.5, 0.6) is 0 Å². The van der Waals surface area contributed by atoms with Crippen LogP contribution in [0.4, 0.5) is 15.8 Å². The average Bonchev–Trinajstić information content (AvgIpc) is 2.35. The van der Waals surface area contributed by atoms with Crippen LogP contribution in [0.15, 0.2) is 51.8 Å². The lowest BCUT2D eigenvalue weighted by atomic mass is 10.3. The van der Waals surface area contributed by atoms with Crippen LogP contribution in [0, 0.1) is 5.82 Å². The van der Waals surface area contributed by atoms with Gasteiger partial charge in [0.05, 0.1) is 20.7 Å². The Hall–Kier alpha value is -1.60. The summed E-state index contributed by atoms with van der Waals surface area (Å²) in [6, 6.07) is 10.0. The lowest BCUT2D eigenvalue weighted by Crippen LogP contribution is -2.14. The fourth-order valence-corrected chi connectivity index (χ4v) is 2.78. The van der Waals surface area contributed by atoms with Gasteiger partial charge >= 0.3 is 0 Å². The monoisotopic (exact) mass is 344 g/mol. The van der Waals surface area contributed by atoms with Crippen LogP contribution < -0.4 is 10.5 Å². The number of hydrogen-bond donors (Lipinski definition) is 2. The van der Waals surface area contributed by atoms with Crippen molar-refractivity contribution < 1.29 is 12.8 Å². The Morgan fingerprint density at radius 2 is 1.84 bits per heavy atom. The van der Waals surface area contributed by atoms with Gasteiger partial charge in [0.15, 0.2) is 0 Å². The maximum Gasteiger partial charge on any atom is 0.262 e. The molecule has 0 aromatic heterocycles. The Morgan fingerprint density at radius 3 is 2.47 bits per heavy atom. The second-order valence-electron chi connectivity index (χ2n) is 3.77. The van der Waals surface area contributed by atoms with Crippen LogP contribution in [-0.2, 0) is 10.0 Å². The van der Waals surface area contributed by atoms with Crippen LogP contribution in [0.2, 0.25) is 0 Å². The third-order valence-corrected chi connectivity index (χ3v) is 4.41. The lowest BCUT2D eigenvalue weighted by molar-refractivity contribution is 0.594. The van der Waals surface area contributed by atoms with Crippen LogP contribution in [0.3, 0.4) is 0 Å². The van der Waals surface area contributed by atoms with Gasteiger partial charge in [-0.15, -0.1) is 0 Å². The van der Waals surface area contributed by atoms with E-state index in [4.69, 9.17) is 5.73 Å². The Labute approximate surface area is 118 Å². The molecule has 100 valence electrons. The Bertz CT molecular complexity index is 719. The van der Waals surface area contributed by atoms with Crippen molar-refractivity contribution in [2.24, 2.45) is 0 Å². The summed E-state index contributed by atoms with van der Waals surface area (Å²) in [6.07, 6.45) is 0. The van der Waals surface area contributed by atoms with Crippen molar-refractivity contribution >= 4 is 37.3 Å². The highest BCUT2D eigenvalue weighted by Crippen LogP contribution is 2.24. The molecule has 0 spiro atoms. The minimum absolute atomic E-state index is 0.170. The largest absolute Gasteiger partial charge is 0.397 e. The van der Waals surface area contributed by atoms with Gasteiger partial charge in [-0.3, -0.25) is 4.72 Å². The van der Waals surface area contributed by atoms with E-state index in [9.17, 15) is 12.8 Å². The van der Waals surface area contributed by atoms with Gasteiger partial charge in [-0.05, 0) is 46.3 Å². The number of para-hydroxylation sites is 2. The Morgan fingerprint density at radius 1 is 1.16 bits per heavy atom. The SMILES string of the molecule is Nc1ccccc1NS(=O)(=O)c1ccc(Br)c(F)c1. The molecule has 2 aromatic carbocycles. The van der Waals surface area contributed by atoms with Crippen molar-refractivity contribution in [2.75, 3.05) is 10.5 Å². The predicted molar refractivity (Wildman–Crippen MR) is 75.8 cm³/mol. The summed E-state index contributed by atoms with van der Waals surface area (Å²) in [5.41, 5.74) is 6.20. The van der Waals surface area contributed by atoms with Gasteiger partial charge in [-0.25, -0.2) is 12.8 Å². The highest BCUT2D eigenvalue weighted by molar-refractivity contribution is 9.10. The zero-order valence-electron chi connectivity index (χ0n) is 9.60. The zero-order chi connectivity index (χ0) is 14.0. The number of benzene rings is 2. The molecule has 0 amide bonds. The summed E-state index contributed by atoms with van der Waals surface area (Å²) < 4.78 is 40.0. The second-order valence-corrected chi connectivity index (χ2v) is 6.31. The first kappa shape index (κ1) is 13.8. The number of sulfonamides is 1. The molecule has 19 heavy (non-hydrogen) atoms. The predicted octanol–water partition coefficient (Wildman–Crippen LogP) is 2.97. The fraction of sp³-hybridized carbons (Fsp3) is 0. The quantitative estimate of drug-likeness (QED) is 0.840. The number of anilines is 2. The number of nitrogens with two attached hydrogens (primary N) is 1. The van der Waals surface area contributed by atoms with Gasteiger partial charge in [0.2, 0.25) is 0 Å². The summed E-state index contributed by atoms with van der Waals surface area (Å²) in [4.78, 5) is -0.170. The topological polar surface area (TPSA) is 72.2 Å². The molecule has 0 aliphatic rings. The van der Waals surface area contributed by atoms with Crippen LogP contribution >= 0.6 is 15.9 Å². The van der Waals surface area contributed by atoms with E-state index in [1.165, 1.54) is 18.2 Å². The number of nitrogens with one attached hydrogen (secondary N) is 1.